The minimum absolute atomic E-state index is 0.0288. The molecular formula is C31H50N4O2. The summed E-state index contributed by atoms with van der Waals surface area (Å²) in [6, 6.07) is 7.83. The molecule has 1 aromatic heterocycles. The Morgan fingerprint density at radius 1 is 0.865 bits per heavy atom. The molecule has 0 unspecified atom stereocenters. The highest BCUT2D eigenvalue weighted by atomic mass is 16.5. The van der Waals surface area contributed by atoms with E-state index in [1.54, 1.807) is 11.0 Å². The van der Waals surface area contributed by atoms with Crippen molar-refractivity contribution < 1.29 is 9.84 Å². The topological polar surface area (TPSA) is 84.0 Å². The van der Waals surface area contributed by atoms with Crippen molar-refractivity contribution in [1.82, 2.24) is 14.8 Å². The van der Waals surface area contributed by atoms with Crippen LogP contribution in [0.3, 0.4) is 0 Å². The van der Waals surface area contributed by atoms with Crippen LogP contribution in [-0.4, -0.2) is 32.6 Å². The fraction of sp³-hybridized carbons (Fsp3) is 0.710. The van der Waals surface area contributed by atoms with Gasteiger partial charge in [-0.3, -0.25) is 0 Å². The van der Waals surface area contributed by atoms with Gasteiger partial charge in [-0.2, -0.15) is 10.4 Å². The van der Waals surface area contributed by atoms with Crippen LogP contribution < -0.4 is 0 Å². The first-order chi connectivity index (χ1) is 18.3. The molecule has 206 valence electrons. The van der Waals surface area contributed by atoms with E-state index in [9.17, 15) is 10.4 Å². The zero-order valence-electron chi connectivity index (χ0n) is 23.3. The molecule has 0 spiro atoms. The highest BCUT2D eigenvalue weighted by molar-refractivity contribution is 5.49. The zero-order chi connectivity index (χ0) is 26.4. The maximum absolute atomic E-state index is 9.71. The summed E-state index contributed by atoms with van der Waals surface area (Å²) in [4.78, 5) is 3.94. The first-order valence-corrected chi connectivity index (χ1v) is 14.9. The van der Waals surface area contributed by atoms with Crippen molar-refractivity contribution in [2.75, 3.05) is 6.61 Å². The average Bonchev–Trinajstić information content (AvgIpc) is 3.47. The normalized spacial score (nSPS) is 12.0. The number of nitrogens with zero attached hydrogens (tertiary/aromatic N) is 4. The molecular weight excluding hydrogens is 460 g/mol. The van der Waals surface area contributed by atoms with Crippen molar-refractivity contribution >= 4 is 0 Å². The fourth-order valence-electron chi connectivity index (χ4n) is 4.83. The zero-order valence-corrected chi connectivity index (χ0v) is 23.3. The largest absolute Gasteiger partial charge is 0.394 e. The molecule has 0 aliphatic carbocycles. The highest BCUT2D eigenvalue weighted by Crippen LogP contribution is 2.18. The highest BCUT2D eigenvalue weighted by Gasteiger charge is 2.10. The minimum Gasteiger partial charge on any atom is -0.394 e. The summed E-state index contributed by atoms with van der Waals surface area (Å²) in [7, 11) is 0. The number of rotatable bonds is 23. The Bertz CT molecular complexity index is 847. The Morgan fingerprint density at radius 2 is 1.43 bits per heavy atom. The van der Waals surface area contributed by atoms with Crippen LogP contribution in [0.2, 0.25) is 0 Å². The van der Waals surface area contributed by atoms with Crippen molar-refractivity contribution in [3.05, 3.63) is 42.0 Å². The molecule has 1 N–H and O–H groups in total. The number of ether oxygens (including phenoxy) is 1. The molecule has 0 fully saturated rings. The van der Waals surface area contributed by atoms with Gasteiger partial charge in [0.15, 0.2) is 0 Å². The molecule has 0 saturated carbocycles. The standard InChI is InChI=1S/C31H50N4O2/c1-2-3-4-5-6-7-8-9-10-11-12-13-14-15-16-17-18-19-30(24-36)37-25-28-20-21-31(29(22-28)23-32)35-27-33-26-34-35/h20-22,26-27,30,36H,2-19,24-25H2,1H3/t30-/m1/s1. The Balaban J connectivity index is 1.44. The predicted molar refractivity (Wildman–Crippen MR) is 151 cm³/mol. The molecule has 6 heteroatoms. The number of aromatic nitrogens is 3. The lowest BCUT2D eigenvalue weighted by Crippen LogP contribution is -2.17. The molecule has 2 aromatic rings. The van der Waals surface area contributed by atoms with Crippen molar-refractivity contribution in [2.45, 2.75) is 135 Å². The van der Waals surface area contributed by atoms with Gasteiger partial charge in [0.05, 0.1) is 30.6 Å². The second kappa shape index (κ2) is 20.8. The molecule has 0 aliphatic heterocycles. The van der Waals surface area contributed by atoms with Gasteiger partial charge < -0.3 is 9.84 Å². The van der Waals surface area contributed by atoms with Crippen LogP contribution in [0.25, 0.3) is 5.69 Å². The first-order valence-electron chi connectivity index (χ1n) is 14.9. The smallest absolute Gasteiger partial charge is 0.138 e. The van der Waals surface area contributed by atoms with Crippen molar-refractivity contribution in [3.8, 4) is 11.8 Å². The lowest BCUT2D eigenvalue weighted by atomic mass is 10.0. The summed E-state index contributed by atoms with van der Waals surface area (Å²) in [6.07, 6.45) is 26.9. The monoisotopic (exact) mass is 510 g/mol. The number of nitriles is 1. The SMILES string of the molecule is CCCCCCCCCCCCCCCCCCC[C@H](CO)OCc1ccc(-n2cncn2)c(C#N)c1. The summed E-state index contributed by atoms with van der Waals surface area (Å²) in [5, 5.41) is 23.3. The van der Waals surface area contributed by atoms with Crippen LogP contribution in [0, 0.1) is 11.3 Å². The van der Waals surface area contributed by atoms with E-state index in [0.29, 0.717) is 17.9 Å². The summed E-state index contributed by atoms with van der Waals surface area (Å²) >= 11 is 0. The second-order valence-electron chi connectivity index (χ2n) is 10.4. The molecule has 0 saturated heterocycles. The summed E-state index contributed by atoms with van der Waals surface area (Å²) < 4.78 is 7.52. The van der Waals surface area contributed by atoms with Gasteiger partial charge in [-0.15, -0.1) is 0 Å². The molecule has 1 atom stereocenters. The molecule has 6 nitrogen and oxygen atoms in total. The second-order valence-corrected chi connectivity index (χ2v) is 10.4. The number of unbranched alkanes of at least 4 members (excludes halogenated alkanes) is 16. The lowest BCUT2D eigenvalue weighted by molar-refractivity contribution is -0.00349. The predicted octanol–water partition coefficient (Wildman–Crippen LogP) is 8.06. The van der Waals surface area contributed by atoms with Crippen LogP contribution in [0.5, 0.6) is 0 Å². The van der Waals surface area contributed by atoms with Gasteiger partial charge in [0, 0.05) is 0 Å². The van der Waals surface area contributed by atoms with E-state index in [-0.39, 0.29) is 12.7 Å². The first kappa shape index (κ1) is 31.0. The van der Waals surface area contributed by atoms with Crippen LogP contribution in [-0.2, 0) is 11.3 Å². The lowest BCUT2D eigenvalue weighted by Gasteiger charge is -2.16. The molecule has 0 bridgehead atoms. The molecule has 1 aromatic carbocycles. The van der Waals surface area contributed by atoms with Gasteiger partial charge in [0.1, 0.15) is 18.7 Å². The van der Waals surface area contributed by atoms with E-state index in [1.165, 1.54) is 109 Å². The van der Waals surface area contributed by atoms with Crippen molar-refractivity contribution in [3.63, 3.8) is 0 Å². The maximum Gasteiger partial charge on any atom is 0.138 e. The average molecular weight is 511 g/mol. The molecule has 0 amide bonds. The number of hydrogen-bond acceptors (Lipinski definition) is 5. The van der Waals surface area contributed by atoms with Gasteiger partial charge in [0.25, 0.3) is 0 Å². The number of aliphatic hydroxyl groups excluding tert-OH is 1. The molecule has 0 aliphatic rings. The fourth-order valence-corrected chi connectivity index (χ4v) is 4.83. The van der Waals surface area contributed by atoms with E-state index in [4.69, 9.17) is 4.74 Å². The molecule has 1 heterocycles. The number of benzene rings is 1. The molecule has 2 rings (SSSR count). The van der Waals surface area contributed by atoms with E-state index in [0.717, 1.165) is 18.4 Å². The van der Waals surface area contributed by atoms with Crippen LogP contribution in [0.4, 0.5) is 0 Å². The quantitative estimate of drug-likeness (QED) is 0.153. The molecule has 0 radical (unpaired) electrons. The third kappa shape index (κ3) is 13.8. The van der Waals surface area contributed by atoms with Gasteiger partial charge in [0.2, 0.25) is 0 Å². The Hall–Kier alpha value is -2.23. The van der Waals surface area contributed by atoms with Gasteiger partial charge in [-0.1, -0.05) is 122 Å². The third-order valence-electron chi connectivity index (χ3n) is 7.17. The van der Waals surface area contributed by atoms with Crippen LogP contribution >= 0.6 is 0 Å². The minimum atomic E-state index is -0.156. The Labute approximate surface area is 225 Å². The van der Waals surface area contributed by atoms with E-state index in [2.05, 4.69) is 23.1 Å². The summed E-state index contributed by atoms with van der Waals surface area (Å²) in [6.45, 7) is 2.70. The van der Waals surface area contributed by atoms with E-state index >= 15 is 0 Å². The maximum atomic E-state index is 9.71. The number of hydrogen-bond donors (Lipinski definition) is 1. The summed E-state index contributed by atoms with van der Waals surface area (Å²) in [5.74, 6) is 0. The Kier molecular flexibility index (Phi) is 17.4. The third-order valence-corrected chi connectivity index (χ3v) is 7.17. The van der Waals surface area contributed by atoms with Crippen LogP contribution in [0.1, 0.15) is 134 Å². The van der Waals surface area contributed by atoms with Gasteiger partial charge in [-0.05, 0) is 24.1 Å². The van der Waals surface area contributed by atoms with Crippen molar-refractivity contribution in [2.24, 2.45) is 0 Å². The number of aliphatic hydroxyl groups is 1. The van der Waals surface area contributed by atoms with Crippen molar-refractivity contribution in [1.29, 1.82) is 5.26 Å². The molecule has 37 heavy (non-hydrogen) atoms. The summed E-state index contributed by atoms with van der Waals surface area (Å²) in [5.41, 5.74) is 2.15. The van der Waals surface area contributed by atoms with Gasteiger partial charge >= 0.3 is 0 Å². The Morgan fingerprint density at radius 3 is 1.92 bits per heavy atom. The van der Waals surface area contributed by atoms with E-state index in [1.807, 2.05) is 18.2 Å². The van der Waals surface area contributed by atoms with E-state index < -0.39 is 0 Å². The van der Waals surface area contributed by atoms with Gasteiger partial charge in [-0.25, -0.2) is 9.67 Å². The van der Waals surface area contributed by atoms with Crippen LogP contribution in [0.15, 0.2) is 30.9 Å².